The number of ether oxygens (including phenoxy) is 3. The summed E-state index contributed by atoms with van der Waals surface area (Å²) in [4.78, 5) is 18.5. The monoisotopic (exact) mass is 607 g/mol. The Balaban J connectivity index is 1.06. The number of aliphatic carboxylic acids is 1. The minimum absolute atomic E-state index is 0.0826. The van der Waals surface area contributed by atoms with Gasteiger partial charge in [0, 0.05) is 42.8 Å². The molecule has 8 nitrogen and oxygen atoms in total. The van der Waals surface area contributed by atoms with Crippen molar-refractivity contribution in [1.29, 1.82) is 0 Å². The molecule has 2 saturated heterocycles. The average molecular weight is 608 g/mol. The Bertz CT molecular complexity index is 1580. The molecule has 0 saturated carbocycles. The molecule has 3 aromatic carbocycles. The Morgan fingerprint density at radius 3 is 2.63 bits per heavy atom. The number of halogens is 2. The summed E-state index contributed by atoms with van der Waals surface area (Å²) >= 11 is 5.84. The number of nitrogens with zero attached hydrogens (tertiary/aromatic N) is 3. The molecule has 0 aliphatic carbocycles. The molecule has 0 amide bonds. The maximum Gasteiger partial charge on any atom is 0.303 e. The summed E-state index contributed by atoms with van der Waals surface area (Å²) in [6.07, 6.45) is 3.66. The minimum atomic E-state index is -0.795. The van der Waals surface area contributed by atoms with Gasteiger partial charge in [0.05, 0.1) is 30.2 Å². The zero-order valence-electron chi connectivity index (χ0n) is 23.9. The first-order chi connectivity index (χ1) is 20.9. The summed E-state index contributed by atoms with van der Waals surface area (Å²) < 4.78 is 34.2. The smallest absolute Gasteiger partial charge is 0.303 e. The van der Waals surface area contributed by atoms with Crippen LogP contribution in [0.15, 0.2) is 60.7 Å². The number of carboxylic acids is 1. The number of carboxylic acid groups (broad SMARTS) is 1. The van der Waals surface area contributed by atoms with Crippen molar-refractivity contribution >= 4 is 28.6 Å². The summed E-state index contributed by atoms with van der Waals surface area (Å²) in [5.74, 6) is 1.16. The van der Waals surface area contributed by atoms with E-state index in [4.69, 9.17) is 35.9 Å². The van der Waals surface area contributed by atoms with E-state index in [9.17, 15) is 9.18 Å². The van der Waals surface area contributed by atoms with Crippen LogP contribution in [0.2, 0.25) is 5.02 Å². The summed E-state index contributed by atoms with van der Waals surface area (Å²) in [6.45, 7) is 4.12. The van der Waals surface area contributed by atoms with Crippen molar-refractivity contribution in [3.63, 3.8) is 0 Å². The highest BCUT2D eigenvalue weighted by molar-refractivity contribution is 6.30. The van der Waals surface area contributed by atoms with E-state index in [1.165, 1.54) is 6.07 Å². The van der Waals surface area contributed by atoms with Gasteiger partial charge >= 0.3 is 5.97 Å². The molecule has 0 radical (unpaired) electrons. The molecule has 1 N–H and O–H groups in total. The van der Waals surface area contributed by atoms with E-state index < -0.39 is 5.97 Å². The van der Waals surface area contributed by atoms with Gasteiger partial charge < -0.3 is 23.9 Å². The molecule has 43 heavy (non-hydrogen) atoms. The number of hydrogen-bond acceptors (Lipinski definition) is 6. The average Bonchev–Trinajstić information content (AvgIpc) is 3.30. The Morgan fingerprint density at radius 1 is 1.07 bits per heavy atom. The lowest BCUT2D eigenvalue weighted by molar-refractivity contribution is -0.136. The number of hydrogen-bond donors (Lipinski definition) is 1. The number of aromatic nitrogens is 2. The second-order valence-corrected chi connectivity index (χ2v) is 11.7. The van der Waals surface area contributed by atoms with Crippen molar-refractivity contribution in [2.75, 3.05) is 19.7 Å². The highest BCUT2D eigenvalue weighted by atomic mass is 35.5. The van der Waals surface area contributed by atoms with Gasteiger partial charge in [-0.25, -0.2) is 9.37 Å². The standard InChI is InChI=1S/C33H35ClFN3O5/c34-24-7-6-23(29(35)17-24)21-42-26-2-1-3-27(18-26)43-25-10-13-37(14-11-25)20-32-36-30-8-4-22(5-9-33(39)40)16-31(30)38(32)19-28-12-15-41-28/h1-4,6-8,16-18,25,28H,5,9-15,19-21H2,(H,39,40)/t28-/m0/s1. The van der Waals surface area contributed by atoms with Crippen molar-refractivity contribution in [1.82, 2.24) is 14.5 Å². The molecular weight excluding hydrogens is 573 g/mol. The molecule has 6 rings (SSSR count). The van der Waals surface area contributed by atoms with Gasteiger partial charge in [0.1, 0.15) is 35.9 Å². The molecule has 4 aromatic rings. The third kappa shape index (κ3) is 7.47. The van der Waals surface area contributed by atoms with Gasteiger partial charge in [-0.05, 0) is 67.6 Å². The van der Waals surface area contributed by atoms with Crippen molar-refractivity contribution in [2.24, 2.45) is 0 Å². The van der Waals surface area contributed by atoms with Crippen molar-refractivity contribution in [2.45, 2.75) is 64.0 Å². The summed E-state index contributed by atoms with van der Waals surface area (Å²) in [6, 6.07) is 18.1. The summed E-state index contributed by atoms with van der Waals surface area (Å²) in [5, 5.41) is 9.46. The maximum absolute atomic E-state index is 14.1. The first-order valence-electron chi connectivity index (χ1n) is 14.8. The first-order valence-corrected chi connectivity index (χ1v) is 15.1. The number of piperidine rings is 1. The van der Waals surface area contributed by atoms with Crippen LogP contribution in [-0.4, -0.2) is 57.4 Å². The molecule has 1 aromatic heterocycles. The largest absolute Gasteiger partial charge is 0.490 e. The van der Waals surface area contributed by atoms with Crippen molar-refractivity contribution in [3.05, 3.63) is 88.5 Å². The molecule has 2 fully saturated rings. The fraction of sp³-hybridized carbons (Fsp3) is 0.394. The SMILES string of the molecule is O=C(O)CCc1ccc2nc(CN3CCC(Oc4cccc(OCc5ccc(Cl)cc5F)c4)CC3)n(C[C@@H]3CCO3)c2c1. The van der Waals surface area contributed by atoms with E-state index in [2.05, 4.69) is 15.5 Å². The Labute approximate surface area is 254 Å². The third-order valence-corrected chi connectivity index (χ3v) is 8.35. The van der Waals surface area contributed by atoms with E-state index in [0.29, 0.717) is 22.8 Å². The summed E-state index contributed by atoms with van der Waals surface area (Å²) in [7, 11) is 0. The number of fused-ring (bicyclic) bond motifs is 1. The number of rotatable bonds is 12. The Morgan fingerprint density at radius 2 is 1.88 bits per heavy atom. The van der Waals surface area contributed by atoms with Crippen LogP contribution in [0.4, 0.5) is 4.39 Å². The quantitative estimate of drug-likeness (QED) is 0.203. The van der Waals surface area contributed by atoms with E-state index in [1.807, 2.05) is 36.4 Å². The molecule has 1 atom stereocenters. The summed E-state index contributed by atoms with van der Waals surface area (Å²) in [5.41, 5.74) is 3.40. The number of imidazole rings is 1. The molecular formula is C33H35ClFN3O5. The minimum Gasteiger partial charge on any atom is -0.490 e. The lowest BCUT2D eigenvalue weighted by Gasteiger charge is -2.32. The van der Waals surface area contributed by atoms with Crippen LogP contribution >= 0.6 is 11.6 Å². The van der Waals surface area contributed by atoms with Gasteiger partial charge in [-0.2, -0.15) is 0 Å². The molecule has 3 heterocycles. The first kappa shape index (κ1) is 29.4. The maximum atomic E-state index is 14.1. The van der Waals surface area contributed by atoms with Gasteiger partial charge in [-0.15, -0.1) is 0 Å². The van der Waals surface area contributed by atoms with Crippen molar-refractivity contribution in [3.8, 4) is 11.5 Å². The van der Waals surface area contributed by atoms with E-state index in [-0.39, 0.29) is 31.1 Å². The van der Waals surface area contributed by atoms with Crippen LogP contribution < -0.4 is 9.47 Å². The Hall–Kier alpha value is -3.66. The van der Waals surface area contributed by atoms with Gasteiger partial charge in [-0.3, -0.25) is 9.69 Å². The van der Waals surface area contributed by atoms with Gasteiger partial charge in [0.15, 0.2) is 0 Å². The number of benzene rings is 3. The molecule has 0 bridgehead atoms. The normalized spacial score (nSPS) is 17.6. The number of likely N-dealkylation sites (tertiary alicyclic amines) is 1. The highest BCUT2D eigenvalue weighted by Crippen LogP contribution is 2.27. The molecule has 226 valence electrons. The van der Waals surface area contributed by atoms with E-state index in [1.54, 1.807) is 12.1 Å². The van der Waals surface area contributed by atoms with Crippen LogP contribution in [0.3, 0.4) is 0 Å². The molecule has 10 heteroatoms. The highest BCUT2D eigenvalue weighted by Gasteiger charge is 2.25. The molecule has 2 aliphatic rings. The van der Waals surface area contributed by atoms with Crippen LogP contribution in [0.1, 0.15) is 42.6 Å². The fourth-order valence-corrected chi connectivity index (χ4v) is 5.76. The predicted molar refractivity (Wildman–Crippen MR) is 161 cm³/mol. The molecule has 2 aliphatic heterocycles. The zero-order valence-corrected chi connectivity index (χ0v) is 24.6. The zero-order chi connectivity index (χ0) is 29.8. The molecule has 0 spiro atoms. The second kappa shape index (κ2) is 13.3. The van der Waals surface area contributed by atoms with Gasteiger partial charge in [0.25, 0.3) is 0 Å². The number of carbonyl (C=O) groups is 1. The van der Waals surface area contributed by atoms with E-state index in [0.717, 1.165) is 80.2 Å². The lowest BCUT2D eigenvalue weighted by atomic mass is 10.1. The third-order valence-electron chi connectivity index (χ3n) is 8.12. The number of aryl methyl sites for hydroxylation is 1. The fourth-order valence-electron chi connectivity index (χ4n) is 5.60. The lowest BCUT2D eigenvalue weighted by Crippen LogP contribution is -2.39. The van der Waals surface area contributed by atoms with Crippen LogP contribution in [0, 0.1) is 5.82 Å². The van der Waals surface area contributed by atoms with Crippen molar-refractivity contribution < 1.29 is 28.5 Å². The predicted octanol–water partition coefficient (Wildman–Crippen LogP) is 6.26. The Kier molecular flexibility index (Phi) is 9.11. The van der Waals surface area contributed by atoms with Crippen LogP contribution in [-0.2, 0) is 35.6 Å². The molecule has 0 unspecified atom stereocenters. The van der Waals surface area contributed by atoms with Gasteiger partial charge in [-0.1, -0.05) is 29.8 Å². The van der Waals surface area contributed by atoms with E-state index >= 15 is 0 Å². The van der Waals surface area contributed by atoms with Crippen LogP contribution in [0.5, 0.6) is 11.5 Å². The van der Waals surface area contributed by atoms with Crippen LogP contribution in [0.25, 0.3) is 11.0 Å². The second-order valence-electron chi connectivity index (χ2n) is 11.2. The topological polar surface area (TPSA) is 86.0 Å². The van der Waals surface area contributed by atoms with Gasteiger partial charge in [0.2, 0.25) is 0 Å².